The van der Waals surface area contributed by atoms with Gasteiger partial charge in [-0.15, -0.1) is 0 Å². The third kappa shape index (κ3) is 3.79. The summed E-state index contributed by atoms with van der Waals surface area (Å²) in [5.41, 5.74) is 0.122. The molecule has 0 unspecified atom stereocenters. The SMILES string of the molecule is CN1[C@@H](C(=O)OC(C)(C)C)CC[C@H]1[C@@H]1COC(c2ccccc2O)=N1. The highest BCUT2D eigenvalue weighted by atomic mass is 16.6. The highest BCUT2D eigenvalue weighted by Gasteiger charge is 2.42. The second kappa shape index (κ2) is 6.67. The molecule has 3 atom stereocenters. The number of phenols is 1. The first-order valence-corrected chi connectivity index (χ1v) is 8.70. The summed E-state index contributed by atoms with van der Waals surface area (Å²) >= 11 is 0. The third-order valence-electron chi connectivity index (χ3n) is 4.68. The molecule has 0 bridgehead atoms. The summed E-state index contributed by atoms with van der Waals surface area (Å²) in [5, 5.41) is 9.97. The fourth-order valence-electron chi connectivity index (χ4n) is 3.47. The van der Waals surface area contributed by atoms with Gasteiger partial charge in [0.05, 0.1) is 5.56 Å². The van der Waals surface area contributed by atoms with E-state index >= 15 is 0 Å². The Hall–Kier alpha value is -2.08. The van der Waals surface area contributed by atoms with Gasteiger partial charge in [0.2, 0.25) is 5.90 Å². The van der Waals surface area contributed by atoms with Crippen LogP contribution in [0, 0.1) is 0 Å². The summed E-state index contributed by atoms with van der Waals surface area (Å²) in [4.78, 5) is 19.1. The van der Waals surface area contributed by atoms with Gasteiger partial charge in [0.25, 0.3) is 0 Å². The number of ether oxygens (including phenoxy) is 2. The van der Waals surface area contributed by atoms with Crippen molar-refractivity contribution in [2.24, 2.45) is 4.99 Å². The Balaban J connectivity index is 1.70. The van der Waals surface area contributed by atoms with Crippen molar-refractivity contribution in [3.8, 4) is 5.75 Å². The molecule has 1 aromatic rings. The molecule has 2 aliphatic heterocycles. The van der Waals surface area contributed by atoms with E-state index in [-0.39, 0.29) is 29.8 Å². The summed E-state index contributed by atoms with van der Waals surface area (Å²) in [6, 6.07) is 6.85. The molecule has 136 valence electrons. The maximum Gasteiger partial charge on any atom is 0.323 e. The average Bonchev–Trinajstić information content (AvgIpc) is 3.12. The van der Waals surface area contributed by atoms with Crippen LogP contribution in [0.25, 0.3) is 0 Å². The van der Waals surface area contributed by atoms with Crippen LogP contribution in [0.2, 0.25) is 0 Å². The van der Waals surface area contributed by atoms with E-state index in [0.29, 0.717) is 18.1 Å². The lowest BCUT2D eigenvalue weighted by Crippen LogP contribution is -2.45. The Kier molecular flexibility index (Phi) is 4.73. The second-order valence-electron chi connectivity index (χ2n) is 7.69. The topological polar surface area (TPSA) is 71.4 Å². The van der Waals surface area contributed by atoms with E-state index in [1.54, 1.807) is 18.2 Å². The van der Waals surface area contributed by atoms with Gasteiger partial charge in [-0.1, -0.05) is 12.1 Å². The van der Waals surface area contributed by atoms with Crippen molar-refractivity contribution in [2.45, 2.75) is 57.3 Å². The van der Waals surface area contributed by atoms with Crippen LogP contribution >= 0.6 is 0 Å². The van der Waals surface area contributed by atoms with E-state index in [4.69, 9.17) is 9.47 Å². The van der Waals surface area contributed by atoms with E-state index < -0.39 is 5.60 Å². The minimum Gasteiger partial charge on any atom is -0.507 e. The lowest BCUT2D eigenvalue weighted by molar-refractivity contribution is -0.160. The first-order chi connectivity index (χ1) is 11.8. The number of rotatable bonds is 3. The van der Waals surface area contributed by atoms with Gasteiger partial charge >= 0.3 is 5.97 Å². The number of carbonyl (C=O) groups excluding carboxylic acids is 1. The summed E-state index contributed by atoms with van der Waals surface area (Å²) in [6.45, 7) is 6.10. The van der Waals surface area contributed by atoms with Crippen LogP contribution in [0.15, 0.2) is 29.3 Å². The number of hydrogen-bond donors (Lipinski definition) is 1. The van der Waals surface area contributed by atoms with Crippen molar-refractivity contribution >= 4 is 11.9 Å². The fourth-order valence-corrected chi connectivity index (χ4v) is 3.47. The molecule has 0 aliphatic carbocycles. The minimum absolute atomic E-state index is 0.0490. The zero-order valence-corrected chi connectivity index (χ0v) is 15.2. The molecule has 6 heteroatoms. The van der Waals surface area contributed by atoms with Crippen LogP contribution in [-0.2, 0) is 14.3 Å². The van der Waals surface area contributed by atoms with Crippen LogP contribution in [-0.4, -0.2) is 59.3 Å². The number of aliphatic imine (C=N–C) groups is 1. The largest absolute Gasteiger partial charge is 0.507 e. The number of nitrogens with zero attached hydrogens (tertiary/aromatic N) is 2. The van der Waals surface area contributed by atoms with E-state index in [1.807, 2.05) is 33.9 Å². The van der Waals surface area contributed by atoms with Gasteiger partial charge in [-0.25, -0.2) is 4.99 Å². The smallest absolute Gasteiger partial charge is 0.323 e. The second-order valence-corrected chi connectivity index (χ2v) is 7.69. The number of esters is 1. The Bertz CT molecular complexity index is 680. The van der Waals surface area contributed by atoms with Crippen molar-refractivity contribution in [3.63, 3.8) is 0 Å². The minimum atomic E-state index is -0.483. The molecule has 0 spiro atoms. The lowest BCUT2D eigenvalue weighted by atomic mass is 10.1. The van der Waals surface area contributed by atoms with Crippen molar-refractivity contribution in [3.05, 3.63) is 29.8 Å². The molecule has 2 aliphatic rings. The number of benzene rings is 1. The number of carbonyl (C=O) groups is 1. The molecule has 0 radical (unpaired) electrons. The van der Waals surface area contributed by atoms with E-state index in [9.17, 15) is 9.90 Å². The van der Waals surface area contributed by atoms with Crippen LogP contribution in [0.3, 0.4) is 0 Å². The Morgan fingerprint density at radius 3 is 2.72 bits per heavy atom. The number of phenolic OH excluding ortho intramolecular Hbond substituents is 1. The molecule has 0 amide bonds. The van der Waals surface area contributed by atoms with Crippen molar-refractivity contribution < 1.29 is 19.4 Å². The number of likely N-dealkylation sites (tertiary alicyclic amines) is 1. The van der Waals surface area contributed by atoms with Crippen LogP contribution < -0.4 is 0 Å². The summed E-state index contributed by atoms with van der Waals surface area (Å²) < 4.78 is 11.2. The highest BCUT2D eigenvalue weighted by molar-refractivity contribution is 5.97. The van der Waals surface area contributed by atoms with Gasteiger partial charge in [-0.3, -0.25) is 9.69 Å². The van der Waals surface area contributed by atoms with Crippen molar-refractivity contribution in [1.82, 2.24) is 4.90 Å². The highest BCUT2D eigenvalue weighted by Crippen LogP contribution is 2.31. The zero-order valence-electron chi connectivity index (χ0n) is 15.2. The van der Waals surface area contributed by atoms with Crippen LogP contribution in [0.4, 0.5) is 0 Å². The number of aromatic hydroxyl groups is 1. The predicted molar refractivity (Wildman–Crippen MR) is 94.8 cm³/mol. The molecule has 1 N–H and O–H groups in total. The van der Waals surface area contributed by atoms with Crippen molar-refractivity contribution in [2.75, 3.05) is 13.7 Å². The normalized spacial score (nSPS) is 27.0. The third-order valence-corrected chi connectivity index (χ3v) is 4.68. The zero-order chi connectivity index (χ0) is 18.2. The van der Waals surface area contributed by atoms with Gasteiger partial charge in [0, 0.05) is 6.04 Å². The Morgan fingerprint density at radius 1 is 1.32 bits per heavy atom. The Labute approximate surface area is 148 Å². The molecular weight excluding hydrogens is 320 g/mol. The first-order valence-electron chi connectivity index (χ1n) is 8.70. The average molecular weight is 346 g/mol. The van der Waals surface area contributed by atoms with Crippen LogP contribution in [0.1, 0.15) is 39.2 Å². The first kappa shape index (κ1) is 17.7. The standard InChI is InChI=1S/C19H26N2O4/c1-19(2,3)25-18(23)15-10-9-14(21(15)4)13-11-24-17(20-13)12-7-5-6-8-16(12)22/h5-8,13-15,22H,9-11H2,1-4H3/t13-,14-,15+/m0/s1. The molecule has 0 aromatic heterocycles. The quantitative estimate of drug-likeness (QED) is 0.851. The van der Waals surface area contributed by atoms with E-state index in [2.05, 4.69) is 9.89 Å². The van der Waals surface area contributed by atoms with Gasteiger partial charge in [0.1, 0.15) is 30.0 Å². The number of para-hydroxylation sites is 1. The number of hydrogen-bond acceptors (Lipinski definition) is 6. The molecule has 1 fully saturated rings. The predicted octanol–water partition coefficient (Wildman–Crippen LogP) is 2.34. The monoisotopic (exact) mass is 346 g/mol. The lowest BCUT2D eigenvalue weighted by Gasteiger charge is -2.29. The molecule has 0 saturated carbocycles. The fraction of sp³-hybridized carbons (Fsp3) is 0.579. The van der Waals surface area contributed by atoms with Gasteiger partial charge in [-0.2, -0.15) is 0 Å². The summed E-state index contributed by atoms with van der Waals surface area (Å²) in [5.74, 6) is 0.451. The molecule has 1 saturated heterocycles. The maximum atomic E-state index is 12.4. The Morgan fingerprint density at radius 2 is 2.04 bits per heavy atom. The number of likely N-dealkylation sites (N-methyl/N-ethyl adjacent to an activating group) is 1. The molecule has 2 heterocycles. The summed E-state index contributed by atoms with van der Waals surface area (Å²) in [7, 11) is 1.94. The maximum absolute atomic E-state index is 12.4. The van der Waals surface area contributed by atoms with E-state index in [1.165, 1.54) is 0 Å². The molecular formula is C19H26N2O4. The molecule has 3 rings (SSSR count). The van der Waals surface area contributed by atoms with E-state index in [0.717, 1.165) is 12.8 Å². The van der Waals surface area contributed by atoms with Crippen molar-refractivity contribution in [1.29, 1.82) is 0 Å². The molecule has 25 heavy (non-hydrogen) atoms. The van der Waals surface area contributed by atoms with Gasteiger partial charge < -0.3 is 14.6 Å². The summed E-state index contributed by atoms with van der Waals surface area (Å²) in [6.07, 6.45) is 1.63. The van der Waals surface area contributed by atoms with Gasteiger partial charge in [0.15, 0.2) is 0 Å². The van der Waals surface area contributed by atoms with Gasteiger partial charge in [-0.05, 0) is 52.8 Å². The van der Waals surface area contributed by atoms with Crippen LogP contribution in [0.5, 0.6) is 5.75 Å². The molecule has 1 aromatic carbocycles. The molecule has 6 nitrogen and oxygen atoms in total.